The van der Waals surface area contributed by atoms with Gasteiger partial charge in [0.15, 0.2) is 24.6 Å². The summed E-state index contributed by atoms with van der Waals surface area (Å²) in [5.74, 6) is -2.70. The van der Waals surface area contributed by atoms with Crippen LogP contribution in [0.4, 0.5) is 0 Å². The van der Waals surface area contributed by atoms with Crippen LogP contribution in [0.5, 0.6) is 0 Å². The van der Waals surface area contributed by atoms with Crippen molar-refractivity contribution in [3.63, 3.8) is 0 Å². The zero-order valence-corrected chi connectivity index (χ0v) is 10.1. The van der Waals surface area contributed by atoms with Gasteiger partial charge in [-0.1, -0.05) is 0 Å². The monoisotopic (exact) mass is 262 g/mol. The summed E-state index contributed by atoms with van der Waals surface area (Å²) in [6, 6.07) is 0. The van der Waals surface area contributed by atoms with E-state index in [1.807, 2.05) is 0 Å². The molecular formula is C10H14O8. The molecule has 102 valence electrons. The summed E-state index contributed by atoms with van der Waals surface area (Å²) >= 11 is 0. The molecule has 1 heterocycles. The average Bonchev–Trinajstić information content (AvgIpc) is 2.56. The maximum absolute atomic E-state index is 11.0. The third-order valence-electron chi connectivity index (χ3n) is 2.25. The second-order valence-corrected chi connectivity index (χ2v) is 3.65. The first-order valence-corrected chi connectivity index (χ1v) is 5.12. The third kappa shape index (κ3) is 3.17. The van der Waals surface area contributed by atoms with Crippen molar-refractivity contribution >= 4 is 17.9 Å². The molecule has 18 heavy (non-hydrogen) atoms. The van der Waals surface area contributed by atoms with E-state index >= 15 is 0 Å². The van der Waals surface area contributed by atoms with Crippen LogP contribution in [0.1, 0.15) is 13.8 Å². The van der Waals surface area contributed by atoms with Crippen LogP contribution in [0, 0.1) is 0 Å². The Morgan fingerprint density at radius 3 is 1.94 bits per heavy atom. The molecule has 8 heteroatoms. The number of carboxylic acid groups (broad SMARTS) is 1. The fourth-order valence-corrected chi connectivity index (χ4v) is 1.65. The Morgan fingerprint density at radius 1 is 1.06 bits per heavy atom. The number of carbonyl (C=O) groups excluding carboxylic acids is 2. The zero-order chi connectivity index (χ0) is 13.9. The van der Waals surface area contributed by atoms with Gasteiger partial charge in [0, 0.05) is 21.0 Å². The van der Waals surface area contributed by atoms with Crippen molar-refractivity contribution in [3.8, 4) is 0 Å². The summed E-state index contributed by atoms with van der Waals surface area (Å²) in [4.78, 5) is 32.9. The quantitative estimate of drug-likeness (QED) is 0.663. The smallest absolute Gasteiger partial charge is 0.337 e. The maximum atomic E-state index is 11.0. The molecule has 0 spiro atoms. The summed E-state index contributed by atoms with van der Waals surface area (Å²) in [5.41, 5.74) is 0. The van der Waals surface area contributed by atoms with Crippen molar-refractivity contribution < 1.29 is 38.4 Å². The SMILES string of the molecule is CO[C@@H]1O[C@H](C(=O)O)[C@@H](OC(C)=O)[C@H]1OC(C)=O. The molecule has 1 fully saturated rings. The van der Waals surface area contributed by atoms with Crippen LogP contribution in [-0.2, 0) is 33.3 Å². The minimum Gasteiger partial charge on any atom is -0.479 e. The van der Waals surface area contributed by atoms with Crippen molar-refractivity contribution in [2.24, 2.45) is 0 Å². The fourth-order valence-electron chi connectivity index (χ4n) is 1.65. The highest BCUT2D eigenvalue weighted by Gasteiger charge is 2.52. The molecule has 0 radical (unpaired) electrons. The van der Waals surface area contributed by atoms with Gasteiger partial charge in [-0.2, -0.15) is 0 Å². The standard InChI is InChI=1S/C10H14O8/c1-4(11)16-6-7(9(13)14)18-10(15-3)8(6)17-5(2)12/h6-8,10H,1-3H3,(H,13,14)/t6-,7+,8-,10-/m1/s1. The average molecular weight is 262 g/mol. The molecule has 0 aromatic heterocycles. The van der Waals surface area contributed by atoms with Crippen LogP contribution in [0.15, 0.2) is 0 Å². The van der Waals surface area contributed by atoms with Crippen molar-refractivity contribution in [3.05, 3.63) is 0 Å². The molecule has 4 atom stereocenters. The van der Waals surface area contributed by atoms with Crippen LogP contribution in [-0.4, -0.2) is 54.7 Å². The summed E-state index contributed by atoms with van der Waals surface area (Å²) in [6.07, 6.45) is -4.89. The summed E-state index contributed by atoms with van der Waals surface area (Å²) in [5, 5.41) is 8.95. The van der Waals surface area contributed by atoms with E-state index in [0.29, 0.717) is 0 Å². The van der Waals surface area contributed by atoms with Gasteiger partial charge < -0.3 is 24.1 Å². The highest BCUT2D eigenvalue weighted by atomic mass is 16.7. The van der Waals surface area contributed by atoms with Crippen molar-refractivity contribution in [1.82, 2.24) is 0 Å². The molecule has 0 unspecified atom stereocenters. The number of hydrogen-bond donors (Lipinski definition) is 1. The van der Waals surface area contributed by atoms with Crippen LogP contribution in [0.25, 0.3) is 0 Å². The van der Waals surface area contributed by atoms with E-state index in [9.17, 15) is 14.4 Å². The van der Waals surface area contributed by atoms with Gasteiger partial charge in [0.2, 0.25) is 0 Å². The zero-order valence-electron chi connectivity index (χ0n) is 10.1. The maximum Gasteiger partial charge on any atom is 0.337 e. The molecule has 0 aromatic rings. The predicted molar refractivity (Wildman–Crippen MR) is 54.4 cm³/mol. The Balaban J connectivity index is 2.94. The number of aliphatic carboxylic acids is 1. The molecule has 1 aliphatic heterocycles. The number of hydrogen-bond acceptors (Lipinski definition) is 7. The van der Waals surface area contributed by atoms with Crippen LogP contribution < -0.4 is 0 Å². The van der Waals surface area contributed by atoms with E-state index in [1.165, 1.54) is 7.11 Å². The topological polar surface area (TPSA) is 108 Å². The lowest BCUT2D eigenvalue weighted by Crippen LogP contribution is -2.42. The summed E-state index contributed by atoms with van der Waals surface area (Å²) in [7, 11) is 1.26. The normalized spacial score (nSPS) is 30.8. The van der Waals surface area contributed by atoms with Crippen LogP contribution in [0.2, 0.25) is 0 Å². The van der Waals surface area contributed by atoms with E-state index in [-0.39, 0.29) is 0 Å². The molecule has 1 aliphatic rings. The van der Waals surface area contributed by atoms with E-state index in [4.69, 9.17) is 24.1 Å². The van der Waals surface area contributed by atoms with E-state index < -0.39 is 42.5 Å². The van der Waals surface area contributed by atoms with E-state index in [0.717, 1.165) is 13.8 Å². The molecule has 0 aliphatic carbocycles. The molecule has 0 aromatic carbocycles. The molecule has 1 N–H and O–H groups in total. The highest BCUT2D eigenvalue weighted by Crippen LogP contribution is 2.27. The first kappa shape index (κ1) is 14.4. The fraction of sp³-hybridized carbons (Fsp3) is 0.700. The second-order valence-electron chi connectivity index (χ2n) is 3.65. The minimum atomic E-state index is -1.44. The number of carbonyl (C=O) groups is 3. The number of esters is 2. The van der Waals surface area contributed by atoms with Gasteiger partial charge in [-0.3, -0.25) is 9.59 Å². The summed E-state index contributed by atoms with van der Waals surface area (Å²) < 4.78 is 19.6. The molecule has 1 rings (SSSR count). The van der Waals surface area contributed by atoms with Gasteiger partial charge in [-0.25, -0.2) is 4.79 Å². The number of ether oxygens (including phenoxy) is 4. The number of rotatable bonds is 4. The van der Waals surface area contributed by atoms with Crippen LogP contribution in [0.3, 0.4) is 0 Å². The van der Waals surface area contributed by atoms with E-state index in [1.54, 1.807) is 0 Å². The van der Waals surface area contributed by atoms with Crippen molar-refractivity contribution in [1.29, 1.82) is 0 Å². The molecule has 1 saturated heterocycles. The largest absolute Gasteiger partial charge is 0.479 e. The Bertz CT molecular complexity index is 352. The van der Waals surface area contributed by atoms with Gasteiger partial charge in [0.25, 0.3) is 0 Å². The van der Waals surface area contributed by atoms with Gasteiger partial charge in [-0.15, -0.1) is 0 Å². The molecule has 8 nitrogen and oxygen atoms in total. The molecule has 0 bridgehead atoms. The molecule has 0 saturated carbocycles. The number of carboxylic acids is 1. The Morgan fingerprint density at radius 2 is 1.56 bits per heavy atom. The Labute approximate surface area is 103 Å². The number of methoxy groups -OCH3 is 1. The highest BCUT2D eigenvalue weighted by molar-refractivity contribution is 5.75. The van der Waals surface area contributed by atoms with Gasteiger partial charge in [0.05, 0.1) is 0 Å². The first-order chi connectivity index (χ1) is 8.36. The van der Waals surface area contributed by atoms with Crippen molar-refractivity contribution in [2.45, 2.75) is 38.4 Å². The molecule has 0 amide bonds. The van der Waals surface area contributed by atoms with Crippen molar-refractivity contribution in [2.75, 3.05) is 7.11 Å². The predicted octanol–water partition coefficient (Wildman–Crippen LogP) is -0.694. The summed E-state index contributed by atoms with van der Waals surface area (Å²) in [6.45, 7) is 2.26. The molecular weight excluding hydrogens is 248 g/mol. The van der Waals surface area contributed by atoms with Gasteiger partial charge >= 0.3 is 17.9 Å². The third-order valence-corrected chi connectivity index (χ3v) is 2.25. The van der Waals surface area contributed by atoms with Crippen LogP contribution >= 0.6 is 0 Å². The first-order valence-electron chi connectivity index (χ1n) is 5.12. The lowest BCUT2D eigenvalue weighted by Gasteiger charge is -2.21. The lowest BCUT2D eigenvalue weighted by molar-refractivity contribution is -0.183. The Hall–Kier alpha value is -1.67. The Kier molecular flexibility index (Phi) is 4.62. The van der Waals surface area contributed by atoms with Gasteiger partial charge in [0.1, 0.15) is 0 Å². The van der Waals surface area contributed by atoms with Gasteiger partial charge in [-0.05, 0) is 0 Å². The minimum absolute atomic E-state index is 0.658. The van der Waals surface area contributed by atoms with E-state index in [2.05, 4.69) is 0 Å². The lowest BCUT2D eigenvalue weighted by atomic mass is 10.1. The second kappa shape index (κ2) is 5.78.